The highest BCUT2D eigenvalue weighted by molar-refractivity contribution is 6.30. The molecule has 0 aromatic heterocycles. The average molecular weight is 288 g/mol. The molecule has 0 amide bonds. The van der Waals surface area contributed by atoms with E-state index in [1.54, 1.807) is 6.07 Å². The van der Waals surface area contributed by atoms with Gasteiger partial charge in [0.25, 0.3) is 0 Å². The van der Waals surface area contributed by atoms with E-state index in [0.717, 1.165) is 31.7 Å². The lowest BCUT2D eigenvalue weighted by molar-refractivity contribution is 0.297. The van der Waals surface area contributed by atoms with Crippen molar-refractivity contribution in [3.8, 4) is 0 Å². The third-order valence-corrected chi connectivity index (χ3v) is 3.45. The Labute approximate surface area is 119 Å². The molecule has 0 saturated carbocycles. The summed E-state index contributed by atoms with van der Waals surface area (Å²) in [5, 5.41) is 3.75. The summed E-state index contributed by atoms with van der Waals surface area (Å²) in [4.78, 5) is 2.32. The van der Waals surface area contributed by atoms with Gasteiger partial charge in [0.2, 0.25) is 0 Å². The van der Waals surface area contributed by atoms with Crippen LogP contribution in [0.3, 0.4) is 0 Å². The van der Waals surface area contributed by atoms with Gasteiger partial charge in [0.1, 0.15) is 5.82 Å². The third-order valence-electron chi connectivity index (χ3n) is 3.24. The summed E-state index contributed by atoms with van der Waals surface area (Å²) in [5.74, 6) is -0.327. The van der Waals surface area contributed by atoms with Gasteiger partial charge in [0, 0.05) is 30.7 Å². The Morgan fingerprint density at radius 2 is 2.00 bits per heavy atom. The van der Waals surface area contributed by atoms with E-state index in [1.807, 2.05) is 0 Å². The van der Waals surface area contributed by atoms with E-state index in [1.165, 1.54) is 12.1 Å². The fourth-order valence-electron chi connectivity index (χ4n) is 2.05. The predicted octanol–water partition coefficient (Wildman–Crippen LogP) is 2.41. The molecule has 5 heteroatoms. The molecule has 3 N–H and O–H groups in total. The van der Waals surface area contributed by atoms with Crippen molar-refractivity contribution < 1.29 is 4.39 Å². The zero-order valence-corrected chi connectivity index (χ0v) is 12.4. The van der Waals surface area contributed by atoms with Crippen molar-refractivity contribution in [1.29, 1.82) is 0 Å². The van der Waals surface area contributed by atoms with Crippen molar-refractivity contribution in [1.82, 2.24) is 10.2 Å². The maximum Gasteiger partial charge on any atom is 0.125 e. The van der Waals surface area contributed by atoms with Crippen molar-refractivity contribution in [2.45, 2.75) is 19.9 Å². The molecular formula is C14H23ClFN3. The van der Waals surface area contributed by atoms with Gasteiger partial charge in [0.05, 0.1) is 0 Å². The lowest BCUT2D eigenvalue weighted by Crippen LogP contribution is -2.36. The molecule has 1 unspecified atom stereocenters. The first-order valence-corrected chi connectivity index (χ1v) is 7.10. The number of nitrogens with one attached hydrogen (secondary N) is 1. The molecule has 1 atom stereocenters. The van der Waals surface area contributed by atoms with Gasteiger partial charge in [-0.3, -0.25) is 0 Å². The van der Waals surface area contributed by atoms with Crippen molar-refractivity contribution in [3.05, 3.63) is 34.6 Å². The van der Waals surface area contributed by atoms with Gasteiger partial charge in [-0.1, -0.05) is 25.4 Å². The molecule has 1 aromatic rings. The van der Waals surface area contributed by atoms with Crippen LogP contribution in [0.25, 0.3) is 0 Å². The van der Waals surface area contributed by atoms with Gasteiger partial charge >= 0.3 is 0 Å². The van der Waals surface area contributed by atoms with Crippen molar-refractivity contribution in [3.63, 3.8) is 0 Å². The number of nitrogens with two attached hydrogens (primary N) is 1. The second kappa shape index (κ2) is 8.48. The lowest BCUT2D eigenvalue weighted by Gasteiger charge is -2.22. The van der Waals surface area contributed by atoms with E-state index < -0.39 is 0 Å². The van der Waals surface area contributed by atoms with Gasteiger partial charge in [-0.05, 0) is 36.9 Å². The first-order chi connectivity index (χ1) is 9.10. The highest BCUT2D eigenvalue weighted by atomic mass is 35.5. The minimum atomic E-state index is -0.327. The Hall–Kier alpha value is -0.680. The van der Waals surface area contributed by atoms with Crippen LogP contribution in [0.4, 0.5) is 4.39 Å². The van der Waals surface area contributed by atoms with Gasteiger partial charge in [-0.2, -0.15) is 0 Å². The molecule has 19 heavy (non-hydrogen) atoms. The van der Waals surface area contributed by atoms with Crippen LogP contribution in [0.2, 0.25) is 5.02 Å². The molecule has 0 heterocycles. The van der Waals surface area contributed by atoms with Crippen molar-refractivity contribution in [2.24, 2.45) is 5.73 Å². The van der Waals surface area contributed by atoms with Gasteiger partial charge in [0.15, 0.2) is 0 Å². The minimum absolute atomic E-state index is 0.0660. The van der Waals surface area contributed by atoms with Gasteiger partial charge in [-0.25, -0.2) is 4.39 Å². The summed E-state index contributed by atoms with van der Waals surface area (Å²) in [6.45, 7) is 8.50. The Bertz CT molecular complexity index is 363. The molecule has 1 rings (SSSR count). The third kappa shape index (κ3) is 5.45. The molecule has 3 nitrogen and oxygen atoms in total. The molecule has 0 aliphatic carbocycles. The van der Waals surface area contributed by atoms with Gasteiger partial charge in [-0.15, -0.1) is 0 Å². The van der Waals surface area contributed by atoms with E-state index in [2.05, 4.69) is 24.1 Å². The molecular weight excluding hydrogens is 265 g/mol. The molecule has 0 saturated heterocycles. The van der Waals surface area contributed by atoms with Crippen LogP contribution in [0.1, 0.15) is 25.5 Å². The van der Waals surface area contributed by atoms with Crippen LogP contribution in [-0.2, 0) is 0 Å². The summed E-state index contributed by atoms with van der Waals surface area (Å²) in [5.41, 5.74) is 6.54. The second-order valence-electron chi connectivity index (χ2n) is 4.47. The summed E-state index contributed by atoms with van der Waals surface area (Å²) >= 11 is 5.86. The van der Waals surface area contributed by atoms with Crippen LogP contribution in [0, 0.1) is 5.82 Å². The van der Waals surface area contributed by atoms with Crippen molar-refractivity contribution in [2.75, 3.05) is 32.7 Å². The van der Waals surface area contributed by atoms with E-state index in [-0.39, 0.29) is 11.9 Å². The summed E-state index contributed by atoms with van der Waals surface area (Å²) in [6, 6.07) is 4.47. The maximum atomic E-state index is 13.3. The second-order valence-corrected chi connectivity index (χ2v) is 4.91. The van der Waals surface area contributed by atoms with E-state index in [0.29, 0.717) is 11.6 Å². The fraction of sp³-hybridized carbons (Fsp3) is 0.571. The topological polar surface area (TPSA) is 41.3 Å². The van der Waals surface area contributed by atoms with Crippen LogP contribution in [0.15, 0.2) is 18.2 Å². The number of nitrogens with zero attached hydrogens (tertiary/aromatic N) is 1. The maximum absolute atomic E-state index is 13.3. The van der Waals surface area contributed by atoms with E-state index in [9.17, 15) is 4.39 Å². The monoisotopic (exact) mass is 287 g/mol. The van der Waals surface area contributed by atoms with E-state index in [4.69, 9.17) is 17.3 Å². The average Bonchev–Trinajstić information content (AvgIpc) is 2.38. The number of hydrogen-bond donors (Lipinski definition) is 2. The number of benzene rings is 1. The Kier molecular flexibility index (Phi) is 7.31. The zero-order valence-electron chi connectivity index (χ0n) is 11.6. The molecule has 0 spiro atoms. The first-order valence-electron chi connectivity index (χ1n) is 6.72. The zero-order chi connectivity index (χ0) is 14.3. The molecule has 0 aliphatic rings. The van der Waals surface area contributed by atoms with Crippen LogP contribution < -0.4 is 11.1 Å². The summed E-state index contributed by atoms with van der Waals surface area (Å²) in [7, 11) is 0. The Morgan fingerprint density at radius 3 is 2.53 bits per heavy atom. The fourth-order valence-corrected chi connectivity index (χ4v) is 2.28. The Morgan fingerprint density at radius 1 is 1.32 bits per heavy atom. The Balaban J connectivity index is 2.58. The van der Waals surface area contributed by atoms with Gasteiger partial charge < -0.3 is 16.0 Å². The number of rotatable bonds is 8. The molecule has 0 bridgehead atoms. The lowest BCUT2D eigenvalue weighted by atomic mass is 10.1. The standard InChI is InChI=1S/C14H23ClFN3/c1-3-19(4-2)6-5-18-14(10-17)11-7-12(15)9-13(16)8-11/h7-9,14,18H,3-6,10,17H2,1-2H3. The van der Waals surface area contributed by atoms with Crippen LogP contribution in [-0.4, -0.2) is 37.6 Å². The quantitative estimate of drug-likeness (QED) is 0.771. The smallest absolute Gasteiger partial charge is 0.125 e. The number of halogens is 2. The van der Waals surface area contributed by atoms with E-state index >= 15 is 0 Å². The molecule has 1 aromatic carbocycles. The SMILES string of the molecule is CCN(CC)CCNC(CN)c1cc(F)cc(Cl)c1. The molecule has 0 aliphatic heterocycles. The van der Waals surface area contributed by atoms with Crippen LogP contribution in [0.5, 0.6) is 0 Å². The highest BCUT2D eigenvalue weighted by Crippen LogP contribution is 2.19. The first kappa shape index (κ1) is 16.4. The van der Waals surface area contributed by atoms with Crippen molar-refractivity contribution >= 4 is 11.6 Å². The predicted molar refractivity (Wildman–Crippen MR) is 79.0 cm³/mol. The highest BCUT2D eigenvalue weighted by Gasteiger charge is 2.11. The largest absolute Gasteiger partial charge is 0.329 e. The molecule has 0 fully saturated rings. The molecule has 0 radical (unpaired) electrons. The molecule has 108 valence electrons. The number of likely N-dealkylation sites (N-methyl/N-ethyl adjacent to an activating group) is 1. The minimum Gasteiger partial charge on any atom is -0.329 e. The van der Waals surface area contributed by atoms with Crippen LogP contribution >= 0.6 is 11.6 Å². The summed E-state index contributed by atoms with van der Waals surface area (Å²) < 4.78 is 13.3. The number of hydrogen-bond acceptors (Lipinski definition) is 3. The normalized spacial score (nSPS) is 12.9. The summed E-state index contributed by atoms with van der Waals surface area (Å²) in [6.07, 6.45) is 0.